The van der Waals surface area contributed by atoms with Crippen molar-refractivity contribution in [1.29, 1.82) is 0 Å². The van der Waals surface area contributed by atoms with Crippen molar-refractivity contribution in [3.05, 3.63) is 59.9 Å². The third-order valence-corrected chi connectivity index (χ3v) is 3.59. The summed E-state index contributed by atoms with van der Waals surface area (Å²) < 4.78 is 14.2. The topological polar surface area (TPSA) is 53.6 Å². The highest BCUT2D eigenvalue weighted by Gasteiger charge is 2.08. The van der Waals surface area contributed by atoms with Crippen LogP contribution in [0.3, 0.4) is 0 Å². The van der Waals surface area contributed by atoms with E-state index < -0.39 is 0 Å². The highest BCUT2D eigenvalue weighted by atomic mass is 19.1. The Balaban J connectivity index is 2.03. The molecule has 3 N–H and O–H groups in total. The molecule has 122 valence electrons. The van der Waals surface area contributed by atoms with Gasteiger partial charge in [-0.15, -0.1) is 0 Å². The fourth-order valence-corrected chi connectivity index (χ4v) is 2.35. The van der Waals surface area contributed by atoms with Gasteiger partial charge in [0.2, 0.25) is 0 Å². The fraction of sp³-hybridized carbons (Fsp3) is 0.278. The maximum Gasteiger partial charge on any atom is 0.193 e. The van der Waals surface area contributed by atoms with Gasteiger partial charge in [-0.05, 0) is 43.7 Å². The maximum atomic E-state index is 14.2. The summed E-state index contributed by atoms with van der Waals surface area (Å²) in [5.41, 5.74) is 8.13. The molecule has 2 rings (SSSR count). The molecule has 0 aliphatic carbocycles. The largest absolute Gasteiger partial charge is 0.370 e. The third kappa shape index (κ3) is 4.71. The quantitative estimate of drug-likeness (QED) is 0.633. The number of halogens is 1. The number of rotatable bonds is 6. The first-order chi connectivity index (χ1) is 11.1. The Hall–Kier alpha value is -2.56. The molecule has 0 aliphatic heterocycles. The molecule has 2 aromatic carbocycles. The average molecular weight is 314 g/mol. The molecular weight excluding hydrogens is 291 g/mol. The first-order valence-corrected chi connectivity index (χ1v) is 7.79. The first-order valence-electron chi connectivity index (χ1n) is 7.79. The number of nitrogens with two attached hydrogens (primary N) is 1. The molecule has 0 aliphatic rings. The molecule has 2 aromatic rings. The summed E-state index contributed by atoms with van der Waals surface area (Å²) in [5.74, 6) is 0.0837. The van der Waals surface area contributed by atoms with Crippen molar-refractivity contribution in [2.24, 2.45) is 10.7 Å². The van der Waals surface area contributed by atoms with E-state index in [0.717, 1.165) is 24.3 Å². The second-order valence-electron chi connectivity index (χ2n) is 5.15. The number of hydrogen-bond donors (Lipinski definition) is 2. The standard InChI is InChI=1S/C18H23FN4/c1-3-23(4-2)17-11-10-14(12-16(17)19)13-21-18(20)22-15-8-6-5-7-9-15/h5-12H,3-4,13H2,1-2H3,(H3,20,21,22). The summed E-state index contributed by atoms with van der Waals surface area (Å²) in [7, 11) is 0. The Labute approximate surface area is 136 Å². The molecule has 0 saturated carbocycles. The predicted molar refractivity (Wildman–Crippen MR) is 95.4 cm³/mol. The van der Waals surface area contributed by atoms with Gasteiger partial charge in [0.15, 0.2) is 5.96 Å². The molecule has 23 heavy (non-hydrogen) atoms. The van der Waals surface area contributed by atoms with E-state index in [2.05, 4.69) is 10.3 Å². The Bertz CT molecular complexity index is 651. The summed E-state index contributed by atoms with van der Waals surface area (Å²) in [6, 6.07) is 14.8. The second-order valence-corrected chi connectivity index (χ2v) is 5.15. The Morgan fingerprint density at radius 3 is 2.43 bits per heavy atom. The molecule has 0 spiro atoms. The zero-order valence-electron chi connectivity index (χ0n) is 13.6. The highest BCUT2D eigenvalue weighted by molar-refractivity contribution is 5.92. The lowest BCUT2D eigenvalue weighted by Crippen LogP contribution is -2.23. The van der Waals surface area contributed by atoms with Crippen LogP contribution in [0.25, 0.3) is 0 Å². The van der Waals surface area contributed by atoms with Crippen LogP contribution in [0.2, 0.25) is 0 Å². The molecule has 0 aromatic heterocycles. The molecule has 4 nitrogen and oxygen atoms in total. The maximum absolute atomic E-state index is 14.2. The lowest BCUT2D eigenvalue weighted by molar-refractivity contribution is 0.618. The molecule has 0 unspecified atom stereocenters. The summed E-state index contributed by atoms with van der Waals surface area (Å²) in [4.78, 5) is 6.23. The summed E-state index contributed by atoms with van der Waals surface area (Å²) in [6.07, 6.45) is 0. The van der Waals surface area contributed by atoms with E-state index >= 15 is 0 Å². The molecule has 0 atom stereocenters. The smallest absolute Gasteiger partial charge is 0.193 e. The number of benzene rings is 2. The van der Waals surface area contributed by atoms with Crippen LogP contribution in [0.5, 0.6) is 0 Å². The van der Waals surface area contributed by atoms with Crippen LogP contribution in [-0.4, -0.2) is 19.0 Å². The van der Waals surface area contributed by atoms with Crippen molar-refractivity contribution in [3.63, 3.8) is 0 Å². The molecule has 5 heteroatoms. The van der Waals surface area contributed by atoms with Crippen LogP contribution < -0.4 is 16.0 Å². The second kappa shape index (κ2) is 8.17. The molecular formula is C18H23FN4. The van der Waals surface area contributed by atoms with Gasteiger partial charge in [0.25, 0.3) is 0 Å². The monoisotopic (exact) mass is 314 g/mol. The lowest BCUT2D eigenvalue weighted by atomic mass is 10.2. The normalized spacial score (nSPS) is 11.3. The molecule has 0 heterocycles. The van der Waals surface area contributed by atoms with Crippen molar-refractivity contribution < 1.29 is 4.39 Å². The van der Waals surface area contributed by atoms with E-state index in [1.807, 2.05) is 55.1 Å². The molecule has 0 saturated heterocycles. The van der Waals surface area contributed by atoms with Gasteiger partial charge >= 0.3 is 0 Å². The lowest BCUT2D eigenvalue weighted by Gasteiger charge is -2.21. The highest BCUT2D eigenvalue weighted by Crippen LogP contribution is 2.20. The SMILES string of the molecule is CCN(CC)c1ccc(CN=C(N)Nc2ccccc2)cc1F. The number of guanidine groups is 1. The Morgan fingerprint density at radius 2 is 1.83 bits per heavy atom. The van der Waals surface area contributed by atoms with Gasteiger partial charge in [0.05, 0.1) is 12.2 Å². The van der Waals surface area contributed by atoms with Crippen LogP contribution >= 0.6 is 0 Å². The molecule has 0 bridgehead atoms. The minimum atomic E-state index is -0.226. The van der Waals surface area contributed by atoms with Crippen LogP contribution in [0.1, 0.15) is 19.4 Å². The first kappa shape index (κ1) is 16.8. The minimum absolute atomic E-state index is 0.226. The predicted octanol–water partition coefficient (Wildman–Crippen LogP) is 3.60. The molecule has 0 radical (unpaired) electrons. The Morgan fingerprint density at radius 1 is 1.13 bits per heavy atom. The molecule has 0 amide bonds. The van der Waals surface area contributed by atoms with Crippen molar-refractivity contribution >= 4 is 17.3 Å². The van der Waals surface area contributed by atoms with E-state index in [1.54, 1.807) is 6.07 Å². The van der Waals surface area contributed by atoms with Crippen LogP contribution in [0.4, 0.5) is 15.8 Å². The zero-order valence-corrected chi connectivity index (χ0v) is 13.6. The minimum Gasteiger partial charge on any atom is -0.370 e. The van der Waals surface area contributed by atoms with E-state index in [4.69, 9.17) is 5.73 Å². The van der Waals surface area contributed by atoms with E-state index in [1.165, 1.54) is 6.07 Å². The van der Waals surface area contributed by atoms with Crippen LogP contribution in [-0.2, 0) is 6.54 Å². The number of para-hydroxylation sites is 1. The average Bonchev–Trinajstić information content (AvgIpc) is 2.56. The van der Waals surface area contributed by atoms with Crippen LogP contribution in [0.15, 0.2) is 53.5 Å². The summed E-state index contributed by atoms with van der Waals surface area (Å²) in [6.45, 7) is 5.91. The molecule has 0 fully saturated rings. The van der Waals surface area contributed by atoms with Crippen molar-refractivity contribution in [2.45, 2.75) is 20.4 Å². The number of anilines is 2. The van der Waals surface area contributed by atoms with Gasteiger partial charge < -0.3 is 16.0 Å². The van der Waals surface area contributed by atoms with Crippen molar-refractivity contribution in [3.8, 4) is 0 Å². The number of hydrogen-bond acceptors (Lipinski definition) is 2. The van der Waals surface area contributed by atoms with Gasteiger partial charge in [0, 0.05) is 18.8 Å². The van der Waals surface area contributed by atoms with Crippen molar-refractivity contribution in [2.75, 3.05) is 23.3 Å². The van der Waals surface area contributed by atoms with E-state index in [9.17, 15) is 4.39 Å². The number of nitrogens with zero attached hydrogens (tertiary/aromatic N) is 2. The van der Waals surface area contributed by atoms with Crippen molar-refractivity contribution in [1.82, 2.24) is 0 Å². The Kier molecular flexibility index (Phi) is 5.97. The van der Waals surface area contributed by atoms with E-state index in [0.29, 0.717) is 18.2 Å². The van der Waals surface area contributed by atoms with Gasteiger partial charge in [0.1, 0.15) is 5.82 Å². The van der Waals surface area contributed by atoms with Gasteiger partial charge in [-0.3, -0.25) is 0 Å². The van der Waals surface area contributed by atoms with Crippen LogP contribution in [0, 0.1) is 5.82 Å². The summed E-state index contributed by atoms with van der Waals surface area (Å²) in [5, 5.41) is 3.00. The van der Waals surface area contributed by atoms with Gasteiger partial charge in [-0.1, -0.05) is 24.3 Å². The van der Waals surface area contributed by atoms with Gasteiger partial charge in [-0.2, -0.15) is 0 Å². The van der Waals surface area contributed by atoms with Gasteiger partial charge in [-0.25, -0.2) is 9.38 Å². The fourth-order valence-electron chi connectivity index (χ4n) is 2.35. The zero-order chi connectivity index (χ0) is 16.7. The number of nitrogens with one attached hydrogen (secondary N) is 1. The third-order valence-electron chi connectivity index (χ3n) is 3.59. The van der Waals surface area contributed by atoms with E-state index in [-0.39, 0.29) is 5.82 Å². The summed E-state index contributed by atoms with van der Waals surface area (Å²) >= 11 is 0. The number of aliphatic imine (C=N–C) groups is 1.